The van der Waals surface area contributed by atoms with Crippen molar-refractivity contribution < 1.29 is 4.74 Å². The van der Waals surface area contributed by atoms with E-state index in [1.165, 1.54) is 0 Å². The van der Waals surface area contributed by atoms with E-state index in [0.29, 0.717) is 17.0 Å². The average Bonchev–Trinajstić information content (AvgIpc) is 2.47. The summed E-state index contributed by atoms with van der Waals surface area (Å²) in [6.45, 7) is 0. The summed E-state index contributed by atoms with van der Waals surface area (Å²) in [5.74, 6) is 0.434. The first-order chi connectivity index (χ1) is 9.70. The number of benzene rings is 1. The van der Waals surface area contributed by atoms with Crippen LogP contribution < -0.4 is 16.2 Å². The van der Waals surface area contributed by atoms with Crippen molar-refractivity contribution in [3.63, 3.8) is 0 Å². The number of ether oxygens (including phenoxy) is 1. The molecule has 98 valence electrons. The summed E-state index contributed by atoms with van der Waals surface area (Å²) in [5.41, 5.74) is 14.4. The van der Waals surface area contributed by atoms with Gasteiger partial charge in [0.15, 0.2) is 0 Å². The summed E-state index contributed by atoms with van der Waals surface area (Å²) in [6, 6.07) is 11.1. The minimum atomic E-state index is -0.305. The number of rotatable bonds is 1. The first kappa shape index (κ1) is 12.1. The van der Waals surface area contributed by atoms with Crippen LogP contribution in [0.4, 0.5) is 5.69 Å². The number of allylic oxidation sites excluding steroid dienone is 1. The predicted octanol–water partition coefficient (Wildman–Crippen LogP) is 1.88. The second-order valence-corrected chi connectivity index (χ2v) is 4.51. The molecular weight excluding hydrogens is 252 g/mol. The fraction of sp³-hybridized carbons (Fsp3) is 0.0667. The Kier molecular flexibility index (Phi) is 2.77. The first-order valence-electron chi connectivity index (χ1n) is 6.07. The zero-order valence-corrected chi connectivity index (χ0v) is 10.6. The third kappa shape index (κ3) is 1.84. The van der Waals surface area contributed by atoms with Gasteiger partial charge in [-0.3, -0.25) is 4.98 Å². The number of nitrogens with two attached hydrogens (primary N) is 2. The second kappa shape index (κ2) is 4.59. The van der Waals surface area contributed by atoms with Gasteiger partial charge < -0.3 is 16.2 Å². The van der Waals surface area contributed by atoms with Crippen LogP contribution >= 0.6 is 0 Å². The summed E-state index contributed by atoms with van der Waals surface area (Å²) in [4.78, 5) is 4.10. The lowest BCUT2D eigenvalue weighted by Crippen LogP contribution is -2.21. The molecule has 5 nitrogen and oxygen atoms in total. The Labute approximate surface area is 116 Å². The maximum Gasteiger partial charge on any atom is 0.205 e. The SMILES string of the molecule is N#CC1=C(N)Oc2ccc(N)cc2[C@@H]1c1cccnc1. The van der Waals surface area contributed by atoms with E-state index in [1.54, 1.807) is 30.6 Å². The molecule has 3 rings (SSSR count). The zero-order chi connectivity index (χ0) is 14.1. The van der Waals surface area contributed by atoms with Crippen molar-refractivity contribution in [2.24, 2.45) is 5.73 Å². The molecule has 2 heterocycles. The zero-order valence-electron chi connectivity index (χ0n) is 10.6. The fourth-order valence-corrected chi connectivity index (χ4v) is 2.37. The number of anilines is 1. The molecule has 0 spiro atoms. The molecule has 0 saturated carbocycles. The maximum absolute atomic E-state index is 9.37. The van der Waals surface area contributed by atoms with Crippen molar-refractivity contribution in [3.8, 4) is 11.8 Å². The predicted molar refractivity (Wildman–Crippen MR) is 74.4 cm³/mol. The van der Waals surface area contributed by atoms with Crippen LogP contribution in [0.2, 0.25) is 0 Å². The molecule has 20 heavy (non-hydrogen) atoms. The highest BCUT2D eigenvalue weighted by Crippen LogP contribution is 2.42. The number of nitrogens with zero attached hydrogens (tertiary/aromatic N) is 2. The molecule has 0 bridgehead atoms. The van der Waals surface area contributed by atoms with Gasteiger partial charge in [0.25, 0.3) is 0 Å². The molecule has 1 aromatic heterocycles. The van der Waals surface area contributed by atoms with Crippen molar-refractivity contribution in [2.45, 2.75) is 5.92 Å². The Morgan fingerprint density at radius 2 is 2.10 bits per heavy atom. The van der Waals surface area contributed by atoms with E-state index in [0.717, 1.165) is 11.1 Å². The van der Waals surface area contributed by atoms with Gasteiger partial charge in [-0.1, -0.05) is 6.07 Å². The molecule has 0 fully saturated rings. The monoisotopic (exact) mass is 264 g/mol. The van der Waals surface area contributed by atoms with Gasteiger partial charge in [-0.15, -0.1) is 0 Å². The highest BCUT2D eigenvalue weighted by atomic mass is 16.5. The smallest absolute Gasteiger partial charge is 0.205 e. The standard InChI is InChI=1S/C15H12N4O/c16-7-12-14(9-2-1-5-19-8-9)11-6-10(17)3-4-13(11)20-15(12)18/h1-6,8,14H,17-18H2/t14-/m0/s1. The molecular formula is C15H12N4O. The number of nitriles is 1. The van der Waals surface area contributed by atoms with Gasteiger partial charge in [0.1, 0.15) is 17.4 Å². The number of hydrogen-bond donors (Lipinski definition) is 2. The summed E-state index contributed by atoms with van der Waals surface area (Å²) in [6.07, 6.45) is 3.40. The normalized spacial score (nSPS) is 17.1. The minimum absolute atomic E-state index is 0.124. The summed E-state index contributed by atoms with van der Waals surface area (Å²) < 4.78 is 5.50. The molecule has 1 aromatic carbocycles. The van der Waals surface area contributed by atoms with Crippen LogP contribution in [0.25, 0.3) is 0 Å². The molecule has 4 N–H and O–H groups in total. The van der Waals surface area contributed by atoms with E-state index in [2.05, 4.69) is 11.1 Å². The molecule has 0 amide bonds. The van der Waals surface area contributed by atoms with Crippen LogP contribution in [0.3, 0.4) is 0 Å². The van der Waals surface area contributed by atoms with Crippen LogP contribution in [0.1, 0.15) is 17.0 Å². The molecule has 1 aliphatic heterocycles. The topological polar surface area (TPSA) is 98.0 Å². The van der Waals surface area contributed by atoms with E-state index >= 15 is 0 Å². The van der Waals surface area contributed by atoms with E-state index in [-0.39, 0.29) is 11.8 Å². The van der Waals surface area contributed by atoms with Gasteiger partial charge in [0.05, 0.1) is 5.92 Å². The summed E-state index contributed by atoms with van der Waals surface area (Å²) in [7, 11) is 0. The van der Waals surface area contributed by atoms with Crippen LogP contribution in [0.15, 0.2) is 54.2 Å². The quantitative estimate of drug-likeness (QED) is 0.766. The van der Waals surface area contributed by atoms with Crippen LogP contribution in [-0.2, 0) is 0 Å². The van der Waals surface area contributed by atoms with Gasteiger partial charge in [-0.05, 0) is 29.8 Å². The Morgan fingerprint density at radius 3 is 2.80 bits per heavy atom. The Balaban J connectivity index is 2.24. The molecule has 5 heteroatoms. The number of nitrogen functional groups attached to an aromatic ring is 1. The molecule has 0 saturated heterocycles. The number of fused-ring (bicyclic) bond motifs is 1. The van der Waals surface area contributed by atoms with Crippen LogP contribution in [-0.4, -0.2) is 4.98 Å². The Morgan fingerprint density at radius 1 is 1.25 bits per heavy atom. The van der Waals surface area contributed by atoms with Gasteiger partial charge in [-0.2, -0.15) is 5.26 Å². The van der Waals surface area contributed by atoms with Crippen molar-refractivity contribution >= 4 is 5.69 Å². The number of hydrogen-bond acceptors (Lipinski definition) is 5. The fourth-order valence-electron chi connectivity index (χ4n) is 2.37. The molecule has 1 atom stereocenters. The highest BCUT2D eigenvalue weighted by Gasteiger charge is 2.30. The van der Waals surface area contributed by atoms with Crippen molar-refractivity contribution in [3.05, 3.63) is 65.3 Å². The van der Waals surface area contributed by atoms with Gasteiger partial charge in [0, 0.05) is 23.6 Å². The van der Waals surface area contributed by atoms with Gasteiger partial charge in [0.2, 0.25) is 5.88 Å². The van der Waals surface area contributed by atoms with Gasteiger partial charge >= 0.3 is 0 Å². The van der Waals surface area contributed by atoms with Crippen LogP contribution in [0.5, 0.6) is 5.75 Å². The van der Waals surface area contributed by atoms with Crippen molar-refractivity contribution in [2.75, 3.05) is 5.73 Å². The van der Waals surface area contributed by atoms with E-state index in [4.69, 9.17) is 16.2 Å². The van der Waals surface area contributed by atoms with Crippen molar-refractivity contribution in [1.29, 1.82) is 5.26 Å². The Bertz CT molecular complexity index is 731. The molecule has 0 aliphatic carbocycles. The van der Waals surface area contributed by atoms with E-state index in [1.807, 2.05) is 12.1 Å². The summed E-state index contributed by atoms with van der Waals surface area (Å²) >= 11 is 0. The van der Waals surface area contributed by atoms with Crippen LogP contribution in [0, 0.1) is 11.3 Å². The van der Waals surface area contributed by atoms with Crippen molar-refractivity contribution in [1.82, 2.24) is 4.98 Å². The largest absolute Gasteiger partial charge is 0.440 e. The molecule has 2 aromatic rings. The Hall–Kier alpha value is -3.00. The highest BCUT2D eigenvalue weighted by molar-refractivity contribution is 5.59. The number of aromatic nitrogens is 1. The average molecular weight is 264 g/mol. The lowest BCUT2D eigenvalue weighted by Gasteiger charge is -2.26. The second-order valence-electron chi connectivity index (χ2n) is 4.51. The van der Waals surface area contributed by atoms with E-state index < -0.39 is 0 Å². The van der Waals surface area contributed by atoms with Gasteiger partial charge in [-0.25, -0.2) is 0 Å². The maximum atomic E-state index is 9.37. The lowest BCUT2D eigenvalue weighted by atomic mass is 9.84. The third-order valence-corrected chi connectivity index (χ3v) is 3.26. The lowest BCUT2D eigenvalue weighted by molar-refractivity contribution is 0.394. The molecule has 0 radical (unpaired) electrons. The molecule has 1 aliphatic rings. The minimum Gasteiger partial charge on any atom is -0.440 e. The number of pyridine rings is 1. The summed E-state index contributed by atoms with van der Waals surface area (Å²) in [5, 5.41) is 9.37. The third-order valence-electron chi connectivity index (χ3n) is 3.26. The first-order valence-corrected chi connectivity index (χ1v) is 6.07. The molecule has 0 unspecified atom stereocenters. The van der Waals surface area contributed by atoms with E-state index in [9.17, 15) is 5.26 Å².